The van der Waals surface area contributed by atoms with Crippen LogP contribution >= 0.6 is 70.9 Å². The van der Waals surface area contributed by atoms with E-state index in [-0.39, 0.29) is 5.94 Å². The first-order valence-corrected chi connectivity index (χ1v) is 12.1. The van der Waals surface area contributed by atoms with E-state index in [4.69, 9.17) is 9.29 Å². The molecule has 0 saturated heterocycles. The molecule has 1 amide bonds. The van der Waals surface area contributed by atoms with Crippen LogP contribution in [-0.2, 0) is 4.74 Å². The molecule has 19 heavy (non-hydrogen) atoms. The van der Waals surface area contributed by atoms with Crippen molar-refractivity contribution in [1.82, 2.24) is 5.32 Å². The van der Waals surface area contributed by atoms with Crippen molar-refractivity contribution in [3.05, 3.63) is 0 Å². The summed E-state index contributed by atoms with van der Waals surface area (Å²) in [7, 11) is 0. The second kappa shape index (κ2) is 17.4. The van der Waals surface area contributed by atoms with E-state index in [1.54, 1.807) is 11.8 Å². The number of nitrogens with one attached hydrogen (secondary N) is 1. The van der Waals surface area contributed by atoms with Gasteiger partial charge in [-0.2, -0.15) is 11.8 Å². The Bertz CT molecular complexity index is 212. The second-order valence-electron chi connectivity index (χ2n) is 2.78. The maximum Gasteiger partial charge on any atom is 0.408 e. The van der Waals surface area contributed by atoms with Crippen LogP contribution < -0.4 is 5.32 Å². The molecule has 0 aromatic heterocycles. The van der Waals surface area contributed by atoms with Crippen LogP contribution in [0.15, 0.2) is 0 Å². The number of hydrogen-bond acceptors (Lipinski definition) is 9. The zero-order valence-corrected chi connectivity index (χ0v) is 15.6. The smallest absolute Gasteiger partial charge is 0.408 e. The van der Waals surface area contributed by atoms with Crippen molar-refractivity contribution in [3.8, 4) is 0 Å². The molecule has 0 bridgehead atoms. The van der Waals surface area contributed by atoms with Crippen molar-refractivity contribution in [2.24, 2.45) is 0 Å². The van der Waals surface area contributed by atoms with Gasteiger partial charge in [0.1, 0.15) is 5.94 Å². The Morgan fingerprint density at radius 1 is 1.05 bits per heavy atom. The topological polar surface area (TPSA) is 58.6 Å². The minimum atomic E-state index is -0.401. The monoisotopic (exact) mass is 381 g/mol. The van der Waals surface area contributed by atoms with Crippen LogP contribution in [0.5, 0.6) is 0 Å². The Hall–Kier alpha value is 1.33. The molecule has 0 unspecified atom stereocenters. The van der Waals surface area contributed by atoms with Crippen molar-refractivity contribution < 1.29 is 14.1 Å². The van der Waals surface area contributed by atoms with Crippen LogP contribution in [-0.4, -0.2) is 48.6 Å². The fraction of sp³-hybridized carbons (Fsp3) is 0.889. The number of carbonyl (C=O) groups is 1. The summed E-state index contributed by atoms with van der Waals surface area (Å²) in [4.78, 5) is 11.2. The van der Waals surface area contributed by atoms with Crippen molar-refractivity contribution in [3.63, 3.8) is 0 Å². The molecular weight excluding hydrogens is 363 g/mol. The molecule has 4 nitrogen and oxygen atoms in total. The maximum absolute atomic E-state index is 11.2. The van der Waals surface area contributed by atoms with Crippen molar-refractivity contribution in [2.45, 2.75) is 6.92 Å². The lowest BCUT2D eigenvalue weighted by molar-refractivity contribution is 0.168. The first kappa shape index (κ1) is 20.3. The van der Waals surface area contributed by atoms with Crippen LogP contribution in [0.1, 0.15) is 6.92 Å². The third-order valence-electron chi connectivity index (χ3n) is 1.43. The molecule has 0 aliphatic heterocycles. The number of alkyl carbamates (subject to hydrolysis) is 1. The molecule has 0 heterocycles. The summed E-state index contributed by atoms with van der Waals surface area (Å²) in [6.45, 7) is 2.17. The summed E-state index contributed by atoms with van der Waals surface area (Å²) in [5.41, 5.74) is 0. The van der Waals surface area contributed by atoms with Crippen LogP contribution in [0.3, 0.4) is 0 Å². The van der Waals surface area contributed by atoms with Gasteiger partial charge in [-0.3, -0.25) is 0 Å². The molecule has 0 saturated carbocycles. The number of amides is 1. The highest BCUT2D eigenvalue weighted by molar-refractivity contribution is 8.26. The Morgan fingerprint density at radius 2 is 1.74 bits per heavy atom. The van der Waals surface area contributed by atoms with Gasteiger partial charge in [-0.1, -0.05) is 6.92 Å². The van der Waals surface area contributed by atoms with Gasteiger partial charge in [-0.25, -0.2) is 4.79 Å². The molecular formula is C9H19NO3S6. The fourth-order valence-corrected chi connectivity index (χ4v) is 5.86. The van der Waals surface area contributed by atoms with Gasteiger partial charge in [-0.15, -0.1) is 47.0 Å². The first-order chi connectivity index (χ1) is 9.31. The molecule has 0 atom stereocenters. The molecule has 0 rings (SSSR count). The largest absolute Gasteiger partial charge is 0.438 e. The molecule has 0 aromatic rings. The summed E-state index contributed by atoms with van der Waals surface area (Å²) in [5, 5.41) is 6.40. The predicted octanol–water partition coefficient (Wildman–Crippen LogP) is 4.35. The molecule has 0 aromatic carbocycles. The van der Waals surface area contributed by atoms with E-state index in [0.29, 0.717) is 11.0 Å². The van der Waals surface area contributed by atoms with E-state index in [1.165, 1.54) is 17.5 Å². The average Bonchev–Trinajstić information content (AvgIpc) is 2.42. The van der Waals surface area contributed by atoms with E-state index < -0.39 is 6.09 Å². The molecule has 0 aliphatic rings. The van der Waals surface area contributed by atoms with Gasteiger partial charge in [0.25, 0.3) is 0 Å². The van der Waals surface area contributed by atoms with E-state index in [0.717, 1.165) is 27.3 Å². The predicted molar refractivity (Wildman–Crippen MR) is 97.5 cm³/mol. The van der Waals surface area contributed by atoms with E-state index in [9.17, 15) is 4.79 Å². The zero-order valence-electron chi connectivity index (χ0n) is 10.7. The Balaban J connectivity index is 3.10. The molecule has 0 radical (unpaired) electrons. The summed E-state index contributed by atoms with van der Waals surface area (Å²) in [6.07, 6.45) is -0.401. The number of ether oxygens (including phenoxy) is 1. The molecule has 0 aliphatic carbocycles. The lowest BCUT2D eigenvalue weighted by Crippen LogP contribution is -2.23. The summed E-state index contributed by atoms with van der Waals surface area (Å²) in [6, 6.07) is 0. The zero-order chi connectivity index (χ0) is 14.2. The molecule has 10 heteroatoms. The SMILES string of the molecule is CCSCSCSCSCNC(=O)OCSCSO. The van der Waals surface area contributed by atoms with Gasteiger partial charge in [0.15, 0.2) is 0 Å². The standard InChI is InChI=1S/C9H19NO3S6/c1-2-14-5-17-7-18-6-15-3-10-9(11)13-4-16-8-19-12/h12H,2-8H2,1H3,(H,10,11). The number of rotatable bonds is 13. The summed E-state index contributed by atoms with van der Waals surface area (Å²) in [5.74, 6) is 2.01. The quantitative estimate of drug-likeness (QED) is 0.275. The van der Waals surface area contributed by atoms with Gasteiger partial charge >= 0.3 is 6.09 Å². The van der Waals surface area contributed by atoms with Crippen LogP contribution in [0.2, 0.25) is 0 Å². The van der Waals surface area contributed by atoms with Gasteiger partial charge in [-0.05, 0) is 17.8 Å². The minimum absolute atomic E-state index is 0.268. The average molecular weight is 382 g/mol. The van der Waals surface area contributed by atoms with Gasteiger partial charge < -0.3 is 14.6 Å². The van der Waals surface area contributed by atoms with Gasteiger partial charge in [0, 0.05) is 15.3 Å². The molecule has 0 fully saturated rings. The van der Waals surface area contributed by atoms with E-state index >= 15 is 0 Å². The highest BCUT2D eigenvalue weighted by Gasteiger charge is 2.00. The molecule has 114 valence electrons. The number of thioether (sulfide) groups is 5. The van der Waals surface area contributed by atoms with Crippen molar-refractivity contribution in [1.29, 1.82) is 0 Å². The fourth-order valence-electron chi connectivity index (χ4n) is 0.697. The van der Waals surface area contributed by atoms with Crippen molar-refractivity contribution >= 4 is 76.9 Å². The van der Waals surface area contributed by atoms with Gasteiger partial charge in [0.05, 0.1) is 11.0 Å². The van der Waals surface area contributed by atoms with Gasteiger partial charge in [0.2, 0.25) is 0 Å². The number of carbonyl (C=O) groups excluding carboxylic acids is 1. The van der Waals surface area contributed by atoms with Crippen LogP contribution in [0, 0.1) is 0 Å². The third kappa shape index (κ3) is 17.3. The third-order valence-corrected chi connectivity index (χ3v) is 7.56. The Kier molecular flexibility index (Phi) is 18.6. The summed E-state index contributed by atoms with van der Waals surface area (Å²) >= 11 is 9.49. The van der Waals surface area contributed by atoms with E-state index in [1.807, 2.05) is 35.3 Å². The van der Waals surface area contributed by atoms with Crippen LogP contribution in [0.4, 0.5) is 4.79 Å². The van der Waals surface area contributed by atoms with E-state index in [2.05, 4.69) is 12.2 Å². The Morgan fingerprint density at radius 3 is 2.42 bits per heavy atom. The highest BCUT2D eigenvalue weighted by atomic mass is 32.2. The summed E-state index contributed by atoms with van der Waals surface area (Å²) < 4.78 is 13.3. The second-order valence-corrected chi connectivity index (χ2v) is 9.95. The number of hydrogen-bond donors (Lipinski definition) is 2. The first-order valence-electron chi connectivity index (χ1n) is 5.37. The highest BCUT2D eigenvalue weighted by Crippen LogP contribution is 2.20. The Labute approximate surface area is 140 Å². The van der Waals surface area contributed by atoms with Crippen molar-refractivity contribution in [2.75, 3.05) is 37.9 Å². The molecule has 2 N–H and O–H groups in total. The lowest BCUT2D eigenvalue weighted by atomic mass is 11.0. The minimum Gasteiger partial charge on any atom is -0.438 e. The van der Waals surface area contributed by atoms with Crippen LogP contribution in [0.25, 0.3) is 0 Å². The molecule has 0 spiro atoms. The normalized spacial score (nSPS) is 10.4. The maximum atomic E-state index is 11.2. The lowest BCUT2D eigenvalue weighted by Gasteiger charge is -2.06.